The standard InChI is InChI=1S/C11H22O9S/c1-21(16,17)19-5-3-2-4-18-11-10(15)9(14)8(13)7(6-12)20-11/h7-15H,2-6H2,1H3/t7-,8-,9+,10-,11-/m1/s1. The van der Waals surface area contributed by atoms with E-state index >= 15 is 0 Å². The molecule has 0 saturated carbocycles. The van der Waals surface area contributed by atoms with Crippen LogP contribution in [0.3, 0.4) is 0 Å². The average Bonchev–Trinajstić information content (AvgIpc) is 2.41. The topological polar surface area (TPSA) is 143 Å². The van der Waals surface area contributed by atoms with Gasteiger partial charge in [-0.1, -0.05) is 0 Å². The molecule has 10 heteroatoms. The van der Waals surface area contributed by atoms with Gasteiger partial charge in [-0.25, -0.2) is 0 Å². The third-order valence-corrected chi connectivity index (χ3v) is 3.56. The molecule has 0 unspecified atom stereocenters. The maximum absolute atomic E-state index is 10.7. The Hall–Kier alpha value is -0.330. The molecule has 0 aromatic heterocycles. The zero-order valence-electron chi connectivity index (χ0n) is 11.7. The number of ether oxygens (including phenoxy) is 2. The van der Waals surface area contributed by atoms with Crippen molar-refractivity contribution in [2.75, 3.05) is 26.1 Å². The predicted molar refractivity (Wildman–Crippen MR) is 69.7 cm³/mol. The van der Waals surface area contributed by atoms with Gasteiger partial charge in [0.25, 0.3) is 10.1 Å². The molecule has 0 aromatic rings. The van der Waals surface area contributed by atoms with E-state index in [4.69, 9.17) is 14.6 Å². The molecule has 1 aliphatic heterocycles. The molecular weight excluding hydrogens is 308 g/mol. The van der Waals surface area contributed by atoms with E-state index < -0.39 is 47.4 Å². The Balaban J connectivity index is 2.28. The Morgan fingerprint density at radius 2 is 1.67 bits per heavy atom. The van der Waals surface area contributed by atoms with Crippen molar-refractivity contribution in [3.05, 3.63) is 0 Å². The third-order valence-electron chi connectivity index (χ3n) is 2.97. The van der Waals surface area contributed by atoms with Crippen molar-refractivity contribution in [3.63, 3.8) is 0 Å². The Morgan fingerprint density at radius 1 is 1.05 bits per heavy atom. The van der Waals surface area contributed by atoms with Crippen LogP contribution >= 0.6 is 0 Å². The van der Waals surface area contributed by atoms with Gasteiger partial charge in [0.05, 0.1) is 19.5 Å². The van der Waals surface area contributed by atoms with Crippen LogP contribution in [0.4, 0.5) is 0 Å². The lowest BCUT2D eigenvalue weighted by Crippen LogP contribution is -2.59. The molecule has 21 heavy (non-hydrogen) atoms. The first-order chi connectivity index (χ1) is 9.76. The largest absolute Gasteiger partial charge is 0.394 e. The van der Waals surface area contributed by atoms with Crippen molar-refractivity contribution >= 4 is 10.1 Å². The monoisotopic (exact) mass is 330 g/mol. The van der Waals surface area contributed by atoms with Gasteiger partial charge in [-0.15, -0.1) is 0 Å². The Kier molecular flexibility index (Phi) is 7.44. The van der Waals surface area contributed by atoms with Gasteiger partial charge in [0.15, 0.2) is 6.29 Å². The highest BCUT2D eigenvalue weighted by atomic mass is 32.2. The molecule has 0 amide bonds. The summed E-state index contributed by atoms with van der Waals surface area (Å²) >= 11 is 0. The molecule has 5 atom stereocenters. The van der Waals surface area contributed by atoms with Crippen LogP contribution in [0.15, 0.2) is 0 Å². The summed E-state index contributed by atoms with van der Waals surface area (Å²) in [6.07, 6.45) is -4.69. The highest BCUT2D eigenvalue weighted by molar-refractivity contribution is 7.85. The minimum Gasteiger partial charge on any atom is -0.394 e. The number of unbranched alkanes of at least 4 members (excludes halogenated alkanes) is 1. The lowest BCUT2D eigenvalue weighted by atomic mass is 9.99. The summed E-state index contributed by atoms with van der Waals surface area (Å²) < 4.78 is 36.3. The second-order valence-electron chi connectivity index (χ2n) is 4.80. The number of rotatable bonds is 8. The maximum Gasteiger partial charge on any atom is 0.264 e. The van der Waals surface area contributed by atoms with E-state index in [0.29, 0.717) is 12.8 Å². The fourth-order valence-electron chi connectivity index (χ4n) is 1.82. The van der Waals surface area contributed by atoms with E-state index in [9.17, 15) is 23.7 Å². The summed E-state index contributed by atoms with van der Waals surface area (Å²) in [7, 11) is -3.46. The van der Waals surface area contributed by atoms with Gasteiger partial charge >= 0.3 is 0 Å². The van der Waals surface area contributed by atoms with Crippen LogP contribution in [-0.2, 0) is 23.8 Å². The minimum atomic E-state index is -3.46. The second kappa shape index (κ2) is 8.34. The summed E-state index contributed by atoms with van der Waals surface area (Å²) in [6.45, 7) is -0.361. The summed E-state index contributed by atoms with van der Waals surface area (Å²) in [5.74, 6) is 0. The average molecular weight is 330 g/mol. The van der Waals surface area contributed by atoms with E-state index in [0.717, 1.165) is 6.26 Å². The van der Waals surface area contributed by atoms with Crippen LogP contribution in [0, 0.1) is 0 Å². The van der Waals surface area contributed by atoms with E-state index in [1.165, 1.54) is 0 Å². The highest BCUT2D eigenvalue weighted by Crippen LogP contribution is 2.22. The molecule has 1 aliphatic rings. The quantitative estimate of drug-likeness (QED) is 0.282. The zero-order valence-corrected chi connectivity index (χ0v) is 12.5. The van der Waals surface area contributed by atoms with E-state index in [1.54, 1.807) is 0 Å². The fraction of sp³-hybridized carbons (Fsp3) is 1.00. The number of aliphatic hydroxyl groups excluding tert-OH is 4. The van der Waals surface area contributed by atoms with E-state index in [-0.39, 0.29) is 13.2 Å². The first kappa shape index (κ1) is 18.7. The highest BCUT2D eigenvalue weighted by Gasteiger charge is 2.43. The van der Waals surface area contributed by atoms with Crippen LogP contribution in [-0.4, -0.2) is 85.6 Å². The van der Waals surface area contributed by atoms with Gasteiger partial charge in [0.2, 0.25) is 0 Å². The van der Waals surface area contributed by atoms with Crippen molar-refractivity contribution in [2.24, 2.45) is 0 Å². The SMILES string of the molecule is CS(=O)(=O)OCCCCO[C@@H]1O[C@H](CO)[C@@H](O)[C@H](O)[C@H]1O. The Morgan fingerprint density at radius 3 is 2.24 bits per heavy atom. The predicted octanol–water partition coefficient (Wildman–Crippen LogP) is -2.44. The van der Waals surface area contributed by atoms with Crippen LogP contribution in [0.1, 0.15) is 12.8 Å². The Labute approximate surface area is 123 Å². The van der Waals surface area contributed by atoms with Gasteiger partial charge in [-0.3, -0.25) is 4.18 Å². The van der Waals surface area contributed by atoms with Gasteiger partial charge in [0, 0.05) is 6.61 Å². The number of hydrogen-bond acceptors (Lipinski definition) is 9. The van der Waals surface area contributed by atoms with Crippen LogP contribution in [0.5, 0.6) is 0 Å². The van der Waals surface area contributed by atoms with Gasteiger partial charge in [-0.2, -0.15) is 8.42 Å². The molecule has 0 aliphatic carbocycles. The lowest BCUT2D eigenvalue weighted by Gasteiger charge is -2.39. The molecule has 0 spiro atoms. The lowest BCUT2D eigenvalue weighted by molar-refractivity contribution is -0.301. The van der Waals surface area contributed by atoms with Crippen molar-refractivity contribution < 1.29 is 42.5 Å². The molecule has 126 valence electrons. The van der Waals surface area contributed by atoms with Crippen molar-refractivity contribution in [1.82, 2.24) is 0 Å². The summed E-state index contributed by atoms with van der Waals surface area (Å²) in [5, 5.41) is 37.8. The van der Waals surface area contributed by atoms with Crippen molar-refractivity contribution in [3.8, 4) is 0 Å². The second-order valence-corrected chi connectivity index (χ2v) is 6.45. The minimum absolute atomic E-state index is 0.0247. The summed E-state index contributed by atoms with van der Waals surface area (Å²) in [4.78, 5) is 0. The van der Waals surface area contributed by atoms with Crippen molar-refractivity contribution in [2.45, 2.75) is 43.5 Å². The van der Waals surface area contributed by atoms with Gasteiger partial charge in [0.1, 0.15) is 24.4 Å². The molecule has 0 aromatic carbocycles. The smallest absolute Gasteiger partial charge is 0.264 e. The first-order valence-electron chi connectivity index (χ1n) is 6.53. The van der Waals surface area contributed by atoms with Gasteiger partial charge in [-0.05, 0) is 12.8 Å². The number of aliphatic hydroxyl groups is 4. The summed E-state index contributed by atoms with van der Waals surface area (Å²) in [5.41, 5.74) is 0. The summed E-state index contributed by atoms with van der Waals surface area (Å²) in [6, 6.07) is 0. The molecule has 1 fully saturated rings. The molecule has 4 N–H and O–H groups in total. The molecule has 0 radical (unpaired) electrons. The molecule has 1 heterocycles. The van der Waals surface area contributed by atoms with Crippen LogP contribution in [0.25, 0.3) is 0 Å². The maximum atomic E-state index is 10.7. The molecule has 1 rings (SSSR count). The molecule has 1 saturated heterocycles. The third kappa shape index (κ3) is 6.12. The van der Waals surface area contributed by atoms with Gasteiger partial charge < -0.3 is 29.9 Å². The number of hydrogen-bond donors (Lipinski definition) is 4. The normalized spacial score (nSPS) is 34.0. The van der Waals surface area contributed by atoms with E-state index in [1.807, 2.05) is 0 Å². The van der Waals surface area contributed by atoms with E-state index in [2.05, 4.69) is 4.18 Å². The van der Waals surface area contributed by atoms with Crippen LogP contribution < -0.4 is 0 Å². The molecular formula is C11H22O9S. The van der Waals surface area contributed by atoms with Crippen LogP contribution in [0.2, 0.25) is 0 Å². The molecule has 9 nitrogen and oxygen atoms in total. The molecule has 0 bridgehead atoms. The Bertz CT molecular complexity index is 396. The van der Waals surface area contributed by atoms with Crippen molar-refractivity contribution in [1.29, 1.82) is 0 Å². The first-order valence-corrected chi connectivity index (χ1v) is 8.34. The fourth-order valence-corrected chi connectivity index (χ4v) is 2.24. The zero-order chi connectivity index (χ0) is 16.0.